The Morgan fingerprint density at radius 2 is 2.00 bits per heavy atom. The van der Waals surface area contributed by atoms with Crippen LogP contribution in [-0.2, 0) is 9.59 Å². The van der Waals surface area contributed by atoms with Gasteiger partial charge in [0.25, 0.3) is 5.91 Å². The summed E-state index contributed by atoms with van der Waals surface area (Å²) in [6, 6.07) is 11.8. The second-order valence-corrected chi connectivity index (χ2v) is 6.00. The average Bonchev–Trinajstić information content (AvgIpc) is 2.58. The molecule has 0 spiro atoms. The van der Waals surface area contributed by atoms with Gasteiger partial charge in [0.05, 0.1) is 5.69 Å². The van der Waals surface area contributed by atoms with Crippen LogP contribution in [0, 0.1) is 6.92 Å². The number of benzene rings is 2. The van der Waals surface area contributed by atoms with Crippen LogP contribution < -0.4 is 15.0 Å². The molecule has 24 heavy (non-hydrogen) atoms. The Bertz CT molecular complexity index is 807. The second kappa shape index (κ2) is 6.53. The van der Waals surface area contributed by atoms with Gasteiger partial charge in [-0.15, -0.1) is 0 Å². The summed E-state index contributed by atoms with van der Waals surface area (Å²) in [5, 5.41) is 3.42. The Morgan fingerprint density at radius 3 is 2.79 bits per heavy atom. The van der Waals surface area contributed by atoms with Gasteiger partial charge in [0.2, 0.25) is 5.91 Å². The molecule has 5 nitrogen and oxygen atoms in total. The predicted octanol–water partition coefficient (Wildman–Crippen LogP) is 3.40. The number of carbonyl (C=O) groups excluding carboxylic acids is 2. The molecular formula is C18H17ClN2O3. The Kier molecular flexibility index (Phi) is 4.44. The molecule has 124 valence electrons. The van der Waals surface area contributed by atoms with Gasteiger partial charge in [-0.3, -0.25) is 14.5 Å². The molecule has 0 saturated heterocycles. The smallest absolute Gasteiger partial charge is 0.265 e. The molecule has 1 aliphatic rings. The average molecular weight is 345 g/mol. The van der Waals surface area contributed by atoms with Crippen molar-refractivity contribution in [3.8, 4) is 5.75 Å². The molecule has 6 heteroatoms. The summed E-state index contributed by atoms with van der Waals surface area (Å²) in [5.41, 5.74) is 2.01. The first-order chi connectivity index (χ1) is 11.5. The molecule has 3 rings (SSSR count). The summed E-state index contributed by atoms with van der Waals surface area (Å²) < 4.78 is 5.41. The molecule has 0 bridgehead atoms. The number of anilines is 2. The van der Waals surface area contributed by atoms with Gasteiger partial charge in [-0.05, 0) is 43.7 Å². The third kappa shape index (κ3) is 2.95. The van der Waals surface area contributed by atoms with Gasteiger partial charge in [0, 0.05) is 10.7 Å². The molecule has 1 aliphatic heterocycles. The van der Waals surface area contributed by atoms with Gasteiger partial charge in [-0.25, -0.2) is 0 Å². The summed E-state index contributed by atoms with van der Waals surface area (Å²) in [5.74, 6) is 0.0558. The van der Waals surface area contributed by atoms with Crippen molar-refractivity contribution < 1.29 is 14.3 Å². The molecule has 0 aliphatic carbocycles. The molecule has 1 atom stereocenters. The molecule has 2 aromatic carbocycles. The van der Waals surface area contributed by atoms with Crippen LogP contribution in [0.4, 0.5) is 11.4 Å². The third-order valence-electron chi connectivity index (χ3n) is 4.04. The minimum absolute atomic E-state index is 0.0785. The topological polar surface area (TPSA) is 58.6 Å². The largest absolute Gasteiger partial charge is 0.482 e. The van der Waals surface area contributed by atoms with Gasteiger partial charge in [0.15, 0.2) is 6.61 Å². The Balaban J connectivity index is 1.86. The Morgan fingerprint density at radius 1 is 1.25 bits per heavy atom. The fraction of sp³-hybridized carbons (Fsp3) is 0.222. The maximum atomic E-state index is 12.6. The summed E-state index contributed by atoms with van der Waals surface area (Å²) >= 11 is 6.08. The lowest BCUT2D eigenvalue weighted by Gasteiger charge is -2.33. The van der Waals surface area contributed by atoms with Crippen molar-refractivity contribution >= 4 is 34.8 Å². The zero-order valence-corrected chi connectivity index (χ0v) is 14.1. The highest BCUT2D eigenvalue weighted by atomic mass is 35.5. The fourth-order valence-corrected chi connectivity index (χ4v) is 2.82. The van der Waals surface area contributed by atoms with Crippen molar-refractivity contribution in [3.05, 3.63) is 53.1 Å². The number of nitrogens with zero attached hydrogens (tertiary/aromatic N) is 1. The molecule has 0 aromatic heterocycles. The third-order valence-corrected chi connectivity index (χ3v) is 4.45. The van der Waals surface area contributed by atoms with E-state index in [2.05, 4.69) is 5.32 Å². The summed E-state index contributed by atoms with van der Waals surface area (Å²) in [6.45, 7) is 3.44. The van der Waals surface area contributed by atoms with Crippen LogP contribution in [0.25, 0.3) is 0 Å². The van der Waals surface area contributed by atoms with Crippen molar-refractivity contribution in [3.63, 3.8) is 0 Å². The SMILES string of the molecule is Cc1c(Cl)cccc1NC(=O)C(C)N1C(=O)COc2ccccc21. The molecule has 1 N–H and O–H groups in total. The van der Waals surface area contributed by atoms with E-state index in [0.29, 0.717) is 22.1 Å². The van der Waals surface area contributed by atoms with Crippen LogP contribution in [0.5, 0.6) is 5.75 Å². The maximum absolute atomic E-state index is 12.6. The van der Waals surface area contributed by atoms with Crippen molar-refractivity contribution in [1.29, 1.82) is 0 Å². The summed E-state index contributed by atoms with van der Waals surface area (Å²) in [6.07, 6.45) is 0. The number of fused-ring (bicyclic) bond motifs is 1. The molecule has 0 saturated carbocycles. The minimum atomic E-state index is -0.680. The molecular weight excluding hydrogens is 328 g/mol. The number of para-hydroxylation sites is 2. The van der Waals surface area contributed by atoms with Crippen LogP contribution in [0.1, 0.15) is 12.5 Å². The highest BCUT2D eigenvalue weighted by Gasteiger charge is 2.33. The standard InChI is InChI=1S/C18H17ClN2O3/c1-11-13(19)6-5-7-14(11)20-18(23)12(2)21-15-8-3-4-9-16(15)24-10-17(21)22/h3-9,12H,10H2,1-2H3,(H,20,23). The highest BCUT2D eigenvalue weighted by molar-refractivity contribution is 6.31. The van der Waals surface area contributed by atoms with Gasteiger partial charge >= 0.3 is 0 Å². The van der Waals surface area contributed by atoms with E-state index in [0.717, 1.165) is 5.56 Å². The van der Waals surface area contributed by atoms with Crippen molar-refractivity contribution in [2.24, 2.45) is 0 Å². The summed E-state index contributed by atoms with van der Waals surface area (Å²) in [4.78, 5) is 26.4. The lowest BCUT2D eigenvalue weighted by atomic mass is 10.1. The van der Waals surface area contributed by atoms with E-state index < -0.39 is 6.04 Å². The Labute approximate surface area is 145 Å². The molecule has 1 unspecified atom stereocenters. The van der Waals surface area contributed by atoms with E-state index in [4.69, 9.17) is 16.3 Å². The minimum Gasteiger partial charge on any atom is -0.482 e. The lowest BCUT2D eigenvalue weighted by Crippen LogP contribution is -2.49. The van der Waals surface area contributed by atoms with Gasteiger partial charge in [-0.2, -0.15) is 0 Å². The maximum Gasteiger partial charge on any atom is 0.265 e. The van der Waals surface area contributed by atoms with Crippen molar-refractivity contribution in [1.82, 2.24) is 0 Å². The van der Waals surface area contributed by atoms with Crippen molar-refractivity contribution in [2.45, 2.75) is 19.9 Å². The first-order valence-electron chi connectivity index (χ1n) is 7.59. The number of hydrogen-bond acceptors (Lipinski definition) is 3. The lowest BCUT2D eigenvalue weighted by molar-refractivity contribution is -0.125. The normalized spacial score (nSPS) is 14.6. The fourth-order valence-electron chi connectivity index (χ4n) is 2.64. The number of nitrogens with one attached hydrogen (secondary N) is 1. The van der Waals surface area contributed by atoms with Crippen LogP contribution in [0.3, 0.4) is 0 Å². The monoisotopic (exact) mass is 344 g/mol. The van der Waals surface area contributed by atoms with Gasteiger partial charge < -0.3 is 10.1 Å². The highest BCUT2D eigenvalue weighted by Crippen LogP contribution is 2.33. The van der Waals surface area contributed by atoms with Crippen molar-refractivity contribution in [2.75, 3.05) is 16.8 Å². The Hall–Kier alpha value is -2.53. The molecule has 0 fully saturated rings. The number of carbonyl (C=O) groups is 2. The van der Waals surface area contributed by atoms with E-state index in [1.165, 1.54) is 4.90 Å². The zero-order valence-electron chi connectivity index (χ0n) is 13.4. The number of ether oxygens (including phenoxy) is 1. The molecule has 1 heterocycles. The predicted molar refractivity (Wildman–Crippen MR) is 93.7 cm³/mol. The van der Waals surface area contributed by atoms with E-state index in [-0.39, 0.29) is 18.4 Å². The number of hydrogen-bond donors (Lipinski definition) is 1. The second-order valence-electron chi connectivity index (χ2n) is 5.60. The van der Waals surface area contributed by atoms with Crippen LogP contribution in [0.15, 0.2) is 42.5 Å². The molecule has 2 amide bonds. The molecule has 2 aromatic rings. The van der Waals surface area contributed by atoms with E-state index in [1.807, 2.05) is 13.0 Å². The molecule has 0 radical (unpaired) electrons. The van der Waals surface area contributed by atoms with E-state index in [9.17, 15) is 9.59 Å². The first kappa shape index (κ1) is 16.3. The van der Waals surface area contributed by atoms with Crippen LogP contribution in [-0.4, -0.2) is 24.5 Å². The van der Waals surface area contributed by atoms with Gasteiger partial charge in [0.1, 0.15) is 11.8 Å². The van der Waals surface area contributed by atoms with Crippen LogP contribution in [0.2, 0.25) is 5.02 Å². The van der Waals surface area contributed by atoms with E-state index >= 15 is 0 Å². The zero-order chi connectivity index (χ0) is 17.3. The summed E-state index contributed by atoms with van der Waals surface area (Å²) in [7, 11) is 0. The van der Waals surface area contributed by atoms with E-state index in [1.54, 1.807) is 43.3 Å². The number of amides is 2. The van der Waals surface area contributed by atoms with Crippen LogP contribution >= 0.6 is 11.6 Å². The quantitative estimate of drug-likeness (QED) is 0.928. The number of halogens is 1. The number of rotatable bonds is 3. The first-order valence-corrected chi connectivity index (χ1v) is 7.96. The van der Waals surface area contributed by atoms with Gasteiger partial charge in [-0.1, -0.05) is 29.8 Å².